The molecule has 1 aliphatic carbocycles. The molecule has 0 unspecified atom stereocenters. The van der Waals surface area contributed by atoms with Crippen molar-refractivity contribution in [3.05, 3.63) is 0 Å². The molecule has 1 saturated carbocycles. The highest BCUT2D eigenvalue weighted by molar-refractivity contribution is 5.84. The van der Waals surface area contributed by atoms with Crippen LogP contribution in [0.15, 0.2) is 0 Å². The maximum Gasteiger partial charge on any atom is 0.230 e. The van der Waals surface area contributed by atoms with E-state index in [9.17, 15) is 9.90 Å². The fourth-order valence-corrected chi connectivity index (χ4v) is 2.64. The zero-order chi connectivity index (χ0) is 11.8. The summed E-state index contributed by atoms with van der Waals surface area (Å²) in [5.74, 6) is 0.219. The number of nitrogens with two attached hydrogens (primary N) is 1. The summed E-state index contributed by atoms with van der Waals surface area (Å²) in [6.07, 6.45) is 4.36. The van der Waals surface area contributed by atoms with Crippen molar-refractivity contribution in [2.75, 3.05) is 19.6 Å². The Morgan fingerprint density at radius 2 is 1.88 bits per heavy atom. The second-order valence-corrected chi connectivity index (χ2v) is 5.63. The summed E-state index contributed by atoms with van der Waals surface area (Å²) >= 11 is 0. The van der Waals surface area contributed by atoms with Crippen LogP contribution >= 0.6 is 0 Å². The van der Waals surface area contributed by atoms with Crippen LogP contribution in [-0.2, 0) is 4.79 Å². The van der Waals surface area contributed by atoms with Gasteiger partial charge < -0.3 is 15.7 Å². The number of hydrogen-bond donors (Lipinski definition) is 2. The Kier molecular flexibility index (Phi) is 2.97. The van der Waals surface area contributed by atoms with Gasteiger partial charge in [-0.3, -0.25) is 4.79 Å². The molecule has 2 rings (SSSR count). The number of carbonyl (C=O) groups excluding carboxylic acids is 1. The average Bonchev–Trinajstić information content (AvgIpc) is 2.16. The van der Waals surface area contributed by atoms with E-state index in [2.05, 4.69) is 0 Å². The van der Waals surface area contributed by atoms with Crippen molar-refractivity contribution >= 4 is 5.91 Å². The number of nitrogens with zero attached hydrogens (tertiary/aromatic N) is 1. The fourth-order valence-electron chi connectivity index (χ4n) is 2.64. The van der Waals surface area contributed by atoms with Crippen LogP contribution in [0.5, 0.6) is 0 Å². The van der Waals surface area contributed by atoms with E-state index in [1.165, 1.54) is 0 Å². The van der Waals surface area contributed by atoms with Gasteiger partial charge in [0.1, 0.15) is 0 Å². The normalized spacial score (nSPS) is 27.3. The Bertz CT molecular complexity index is 269. The Morgan fingerprint density at radius 3 is 2.25 bits per heavy atom. The standard InChI is InChI=1S/C12H22N2O2/c1-11(16)5-7-14(8-6-11)10(15)12(9-13)3-2-4-12/h16H,2-9,13H2,1H3. The van der Waals surface area contributed by atoms with E-state index in [0.717, 1.165) is 19.3 Å². The smallest absolute Gasteiger partial charge is 0.230 e. The first-order chi connectivity index (χ1) is 7.49. The summed E-state index contributed by atoms with van der Waals surface area (Å²) in [5, 5.41) is 9.84. The third kappa shape index (κ3) is 1.96. The molecule has 0 atom stereocenters. The lowest BCUT2D eigenvalue weighted by Crippen LogP contribution is -2.55. The molecule has 0 bridgehead atoms. The van der Waals surface area contributed by atoms with E-state index in [-0.39, 0.29) is 11.3 Å². The number of aliphatic hydroxyl groups is 1. The maximum atomic E-state index is 12.3. The highest BCUT2D eigenvalue weighted by Crippen LogP contribution is 2.42. The Balaban J connectivity index is 1.96. The monoisotopic (exact) mass is 226 g/mol. The lowest BCUT2D eigenvalue weighted by Gasteiger charge is -2.45. The molecule has 3 N–H and O–H groups in total. The predicted octanol–water partition coefficient (Wildman–Crippen LogP) is 0.489. The van der Waals surface area contributed by atoms with Crippen molar-refractivity contribution < 1.29 is 9.90 Å². The van der Waals surface area contributed by atoms with Crippen molar-refractivity contribution in [1.29, 1.82) is 0 Å². The summed E-state index contributed by atoms with van der Waals surface area (Å²) in [5.41, 5.74) is 4.88. The number of hydrogen-bond acceptors (Lipinski definition) is 3. The summed E-state index contributed by atoms with van der Waals surface area (Å²) < 4.78 is 0. The number of carbonyl (C=O) groups is 1. The molecular formula is C12H22N2O2. The molecule has 1 aliphatic heterocycles. The van der Waals surface area contributed by atoms with E-state index in [1.54, 1.807) is 0 Å². The molecular weight excluding hydrogens is 204 g/mol. The van der Waals surface area contributed by atoms with Crippen LogP contribution in [0.25, 0.3) is 0 Å². The molecule has 0 aromatic rings. The number of amides is 1. The van der Waals surface area contributed by atoms with Gasteiger partial charge in [-0.15, -0.1) is 0 Å². The quantitative estimate of drug-likeness (QED) is 0.720. The minimum absolute atomic E-state index is 0.219. The second-order valence-electron chi connectivity index (χ2n) is 5.63. The van der Waals surface area contributed by atoms with Crippen LogP contribution in [0, 0.1) is 5.41 Å². The van der Waals surface area contributed by atoms with Gasteiger partial charge in [0.2, 0.25) is 5.91 Å². The number of likely N-dealkylation sites (tertiary alicyclic amines) is 1. The van der Waals surface area contributed by atoms with E-state index >= 15 is 0 Å². The summed E-state index contributed by atoms with van der Waals surface area (Å²) in [7, 11) is 0. The van der Waals surface area contributed by atoms with Gasteiger partial charge in [0.25, 0.3) is 0 Å². The Labute approximate surface area is 96.8 Å². The molecule has 16 heavy (non-hydrogen) atoms. The first kappa shape index (κ1) is 11.9. The van der Waals surface area contributed by atoms with Gasteiger partial charge in [0.15, 0.2) is 0 Å². The highest BCUT2D eigenvalue weighted by Gasteiger charge is 2.46. The summed E-state index contributed by atoms with van der Waals surface area (Å²) in [6, 6.07) is 0. The van der Waals surface area contributed by atoms with Crippen LogP contribution in [0.4, 0.5) is 0 Å². The second kappa shape index (κ2) is 4.00. The first-order valence-corrected chi connectivity index (χ1v) is 6.21. The topological polar surface area (TPSA) is 66.6 Å². The fraction of sp³-hybridized carbons (Fsp3) is 0.917. The van der Waals surface area contributed by atoms with E-state index in [0.29, 0.717) is 32.5 Å². The summed E-state index contributed by atoms with van der Waals surface area (Å²) in [6.45, 7) is 3.66. The maximum absolute atomic E-state index is 12.3. The molecule has 1 heterocycles. The lowest BCUT2D eigenvalue weighted by atomic mass is 9.67. The number of piperidine rings is 1. The van der Waals surface area contributed by atoms with E-state index in [4.69, 9.17) is 5.73 Å². The van der Waals surface area contributed by atoms with Crippen LogP contribution in [-0.4, -0.2) is 41.1 Å². The molecule has 2 aliphatic rings. The molecule has 0 aromatic heterocycles. The third-order valence-corrected chi connectivity index (χ3v) is 4.28. The van der Waals surface area contributed by atoms with Gasteiger partial charge in [0.05, 0.1) is 11.0 Å². The molecule has 4 heteroatoms. The molecule has 1 amide bonds. The van der Waals surface area contributed by atoms with Gasteiger partial charge in [-0.05, 0) is 32.6 Å². The first-order valence-electron chi connectivity index (χ1n) is 6.21. The lowest BCUT2D eigenvalue weighted by molar-refractivity contribution is -0.150. The van der Waals surface area contributed by atoms with Crippen molar-refractivity contribution in [2.24, 2.45) is 11.1 Å². The molecule has 0 spiro atoms. The van der Waals surface area contributed by atoms with E-state index in [1.807, 2.05) is 11.8 Å². The molecule has 2 fully saturated rings. The molecule has 0 aromatic carbocycles. The van der Waals surface area contributed by atoms with Gasteiger partial charge in [-0.1, -0.05) is 6.42 Å². The van der Waals surface area contributed by atoms with Crippen LogP contribution < -0.4 is 5.73 Å². The van der Waals surface area contributed by atoms with Crippen molar-refractivity contribution in [2.45, 2.75) is 44.6 Å². The highest BCUT2D eigenvalue weighted by atomic mass is 16.3. The zero-order valence-electron chi connectivity index (χ0n) is 10.0. The van der Waals surface area contributed by atoms with Crippen LogP contribution in [0.2, 0.25) is 0 Å². The van der Waals surface area contributed by atoms with Gasteiger partial charge >= 0.3 is 0 Å². The van der Waals surface area contributed by atoms with Crippen LogP contribution in [0.3, 0.4) is 0 Å². The molecule has 1 saturated heterocycles. The van der Waals surface area contributed by atoms with Gasteiger partial charge in [0, 0.05) is 19.6 Å². The SMILES string of the molecule is CC1(O)CCN(C(=O)C2(CN)CCC2)CC1. The average molecular weight is 226 g/mol. The Hall–Kier alpha value is -0.610. The zero-order valence-corrected chi connectivity index (χ0v) is 10.0. The third-order valence-electron chi connectivity index (χ3n) is 4.28. The summed E-state index contributed by atoms with van der Waals surface area (Å²) in [4.78, 5) is 14.2. The predicted molar refractivity (Wildman–Crippen MR) is 61.8 cm³/mol. The minimum Gasteiger partial charge on any atom is -0.390 e. The number of rotatable bonds is 2. The van der Waals surface area contributed by atoms with Gasteiger partial charge in [-0.25, -0.2) is 0 Å². The Morgan fingerprint density at radius 1 is 1.31 bits per heavy atom. The minimum atomic E-state index is -0.591. The molecule has 4 nitrogen and oxygen atoms in total. The molecule has 0 radical (unpaired) electrons. The van der Waals surface area contributed by atoms with Crippen molar-refractivity contribution in [3.8, 4) is 0 Å². The van der Waals surface area contributed by atoms with Crippen molar-refractivity contribution in [1.82, 2.24) is 4.90 Å². The van der Waals surface area contributed by atoms with Crippen LogP contribution in [0.1, 0.15) is 39.0 Å². The molecule has 92 valence electrons. The van der Waals surface area contributed by atoms with Crippen molar-refractivity contribution in [3.63, 3.8) is 0 Å². The largest absolute Gasteiger partial charge is 0.390 e. The van der Waals surface area contributed by atoms with E-state index < -0.39 is 5.60 Å². The van der Waals surface area contributed by atoms with Gasteiger partial charge in [-0.2, -0.15) is 0 Å².